The van der Waals surface area contributed by atoms with Crippen molar-refractivity contribution in [2.24, 2.45) is 0 Å². The summed E-state index contributed by atoms with van der Waals surface area (Å²) in [6, 6.07) is 16.5. The number of nitrogens with one attached hydrogen (secondary N) is 6. The van der Waals surface area contributed by atoms with Crippen LogP contribution in [0, 0.1) is 0 Å². The number of rotatable bonds is 6. The Kier molecular flexibility index (Phi) is 13.7. The average Bonchev–Trinajstić information content (AvgIpc) is 3.01. The molecule has 2 atom stereocenters. The minimum Gasteiger partial charge on any atom is -0.356 e. The average molecular weight is 593 g/mol. The number of carbonyl (C=O) groups is 6. The van der Waals surface area contributed by atoms with Crippen molar-refractivity contribution in [1.29, 1.82) is 0 Å². The molecule has 0 aliphatic carbocycles. The predicted molar refractivity (Wildman–Crippen MR) is 159 cm³/mol. The lowest BCUT2D eigenvalue weighted by molar-refractivity contribution is -0.132. The van der Waals surface area contributed by atoms with Gasteiger partial charge in [-0.05, 0) is 36.8 Å². The predicted octanol–water partition coefficient (Wildman–Crippen LogP) is -0.130. The van der Waals surface area contributed by atoms with Gasteiger partial charge >= 0.3 is 0 Å². The summed E-state index contributed by atoms with van der Waals surface area (Å²) in [6.45, 7) is 0.0265. The zero-order chi connectivity index (χ0) is 30.9. The van der Waals surface area contributed by atoms with Crippen LogP contribution in [-0.4, -0.2) is 73.7 Å². The first-order valence-electron chi connectivity index (χ1n) is 14.6. The summed E-state index contributed by atoms with van der Waals surface area (Å²) in [5, 5.41) is 15.9. The Bertz CT molecular complexity index is 1240. The summed E-state index contributed by atoms with van der Waals surface area (Å²) in [4.78, 5) is 76.1. The molecule has 43 heavy (non-hydrogen) atoms. The lowest BCUT2D eigenvalue weighted by atomic mass is 10.1. The molecule has 1 heterocycles. The molecule has 1 fully saturated rings. The number of hydrogen-bond donors (Lipinski definition) is 6. The third-order valence-electron chi connectivity index (χ3n) is 6.82. The Morgan fingerprint density at radius 1 is 0.698 bits per heavy atom. The molecule has 6 amide bonds. The summed E-state index contributed by atoms with van der Waals surface area (Å²) in [5.41, 5.74) is 1.77. The molecular weight excluding hydrogens is 552 g/mol. The van der Waals surface area contributed by atoms with Gasteiger partial charge in [0.1, 0.15) is 12.1 Å². The van der Waals surface area contributed by atoms with Gasteiger partial charge in [-0.3, -0.25) is 28.8 Å². The number of hydrogen-bond acceptors (Lipinski definition) is 6. The first kappa shape index (κ1) is 32.8. The van der Waals surface area contributed by atoms with Crippen LogP contribution in [0.15, 0.2) is 60.7 Å². The van der Waals surface area contributed by atoms with Crippen LogP contribution < -0.4 is 31.9 Å². The summed E-state index contributed by atoms with van der Waals surface area (Å²) < 4.78 is 0. The maximum Gasteiger partial charge on any atom is 0.243 e. The van der Waals surface area contributed by atoms with Gasteiger partial charge in [-0.2, -0.15) is 0 Å². The smallest absolute Gasteiger partial charge is 0.243 e. The van der Waals surface area contributed by atoms with Crippen LogP contribution in [0.25, 0.3) is 0 Å². The molecule has 230 valence electrons. The molecule has 0 bridgehead atoms. The van der Waals surface area contributed by atoms with E-state index in [1.807, 2.05) is 60.7 Å². The fourth-order valence-corrected chi connectivity index (χ4v) is 4.46. The van der Waals surface area contributed by atoms with Crippen LogP contribution in [-0.2, 0) is 41.6 Å². The zero-order valence-electron chi connectivity index (χ0n) is 24.2. The Morgan fingerprint density at radius 2 is 1.28 bits per heavy atom. The van der Waals surface area contributed by atoms with E-state index in [1.165, 1.54) is 0 Å². The van der Waals surface area contributed by atoms with E-state index < -0.39 is 36.3 Å². The summed E-state index contributed by atoms with van der Waals surface area (Å²) in [7, 11) is 0. The van der Waals surface area contributed by atoms with Crippen LogP contribution >= 0.6 is 0 Å². The highest BCUT2D eigenvalue weighted by atomic mass is 16.2. The highest BCUT2D eigenvalue weighted by Crippen LogP contribution is 2.06. The van der Waals surface area contributed by atoms with Crippen molar-refractivity contribution in [1.82, 2.24) is 31.9 Å². The highest BCUT2D eigenvalue weighted by Gasteiger charge is 2.25. The first-order valence-corrected chi connectivity index (χ1v) is 14.6. The van der Waals surface area contributed by atoms with E-state index in [0.717, 1.165) is 11.1 Å². The molecule has 3 rings (SSSR count). The van der Waals surface area contributed by atoms with Gasteiger partial charge in [0.05, 0.1) is 13.1 Å². The van der Waals surface area contributed by atoms with Crippen molar-refractivity contribution < 1.29 is 28.8 Å². The van der Waals surface area contributed by atoms with Gasteiger partial charge < -0.3 is 31.9 Å². The second kappa shape index (κ2) is 17.9. The van der Waals surface area contributed by atoms with Gasteiger partial charge in [0.15, 0.2) is 0 Å². The SMILES string of the molecule is O=C1CC[C@H](NC(=O)CCc2ccccc2)C(=O)NCC(=O)N[C@H](Cc2ccccc2)C(=O)NCC(=O)NCCCCN1. The molecular formula is C31H40N6O6. The second-order valence-electron chi connectivity index (χ2n) is 10.3. The van der Waals surface area contributed by atoms with Crippen LogP contribution in [0.3, 0.4) is 0 Å². The zero-order valence-corrected chi connectivity index (χ0v) is 24.2. The lowest BCUT2D eigenvalue weighted by Gasteiger charge is -2.21. The fourth-order valence-electron chi connectivity index (χ4n) is 4.46. The van der Waals surface area contributed by atoms with Crippen LogP contribution in [0.4, 0.5) is 0 Å². The Labute approximate surface area is 251 Å². The van der Waals surface area contributed by atoms with E-state index >= 15 is 0 Å². The van der Waals surface area contributed by atoms with Gasteiger partial charge in [0, 0.05) is 32.4 Å². The molecule has 1 aliphatic rings. The van der Waals surface area contributed by atoms with Crippen molar-refractivity contribution in [2.45, 2.75) is 57.0 Å². The van der Waals surface area contributed by atoms with Crippen molar-refractivity contribution >= 4 is 35.4 Å². The summed E-state index contributed by atoms with van der Waals surface area (Å²) in [5.74, 6) is -2.80. The van der Waals surface area contributed by atoms with E-state index in [0.29, 0.717) is 32.4 Å². The molecule has 12 nitrogen and oxygen atoms in total. The van der Waals surface area contributed by atoms with Gasteiger partial charge in [0.25, 0.3) is 0 Å². The highest BCUT2D eigenvalue weighted by molar-refractivity contribution is 5.93. The molecule has 0 saturated carbocycles. The van der Waals surface area contributed by atoms with E-state index in [9.17, 15) is 28.8 Å². The minimum atomic E-state index is -1.04. The molecule has 12 heteroatoms. The molecule has 1 saturated heterocycles. The normalized spacial score (nSPS) is 20.0. The monoisotopic (exact) mass is 592 g/mol. The molecule has 2 aromatic rings. The maximum absolute atomic E-state index is 13.1. The molecule has 2 aromatic carbocycles. The number of amides is 6. The fraction of sp³-hybridized carbons (Fsp3) is 0.419. The third kappa shape index (κ3) is 12.8. The summed E-state index contributed by atoms with van der Waals surface area (Å²) in [6.07, 6.45) is 2.04. The molecule has 0 radical (unpaired) electrons. The lowest BCUT2D eigenvalue weighted by Crippen LogP contribution is -2.53. The second-order valence-corrected chi connectivity index (χ2v) is 10.3. The van der Waals surface area contributed by atoms with Gasteiger partial charge in [-0.1, -0.05) is 60.7 Å². The largest absolute Gasteiger partial charge is 0.356 e. The third-order valence-corrected chi connectivity index (χ3v) is 6.82. The topological polar surface area (TPSA) is 175 Å². The maximum atomic E-state index is 13.1. The molecule has 1 aliphatic heterocycles. The molecule has 6 N–H and O–H groups in total. The van der Waals surface area contributed by atoms with Crippen molar-refractivity contribution in [2.75, 3.05) is 26.2 Å². The Balaban J connectivity index is 1.67. The summed E-state index contributed by atoms with van der Waals surface area (Å²) >= 11 is 0. The van der Waals surface area contributed by atoms with Crippen LogP contribution in [0.2, 0.25) is 0 Å². The number of carbonyl (C=O) groups excluding carboxylic acids is 6. The van der Waals surface area contributed by atoms with Gasteiger partial charge in [-0.15, -0.1) is 0 Å². The van der Waals surface area contributed by atoms with Crippen molar-refractivity contribution in [3.8, 4) is 0 Å². The van der Waals surface area contributed by atoms with Crippen LogP contribution in [0.1, 0.15) is 43.2 Å². The number of benzene rings is 2. The van der Waals surface area contributed by atoms with Crippen molar-refractivity contribution in [3.05, 3.63) is 71.8 Å². The Morgan fingerprint density at radius 3 is 1.95 bits per heavy atom. The standard InChI is InChI=1S/C31H40N6O6/c38-26-16-14-24(36-27(39)15-13-22-9-3-1-4-10-22)30(42)35-21-29(41)37-25(19-23-11-5-2-6-12-23)31(43)34-20-28(40)33-18-8-7-17-32-26/h1-6,9-12,24-25H,7-8,13-21H2,(H,32,38)(H,33,40)(H,34,43)(H,35,42)(H,36,39)(H,37,41)/t24-,25+/m0/s1. The molecule has 0 aromatic heterocycles. The number of aryl methyl sites for hydroxylation is 1. The van der Waals surface area contributed by atoms with Gasteiger partial charge in [0.2, 0.25) is 35.4 Å². The van der Waals surface area contributed by atoms with Gasteiger partial charge in [-0.25, -0.2) is 0 Å². The molecule has 0 unspecified atom stereocenters. The van der Waals surface area contributed by atoms with E-state index in [-0.39, 0.29) is 49.9 Å². The van der Waals surface area contributed by atoms with Crippen molar-refractivity contribution in [3.63, 3.8) is 0 Å². The first-order chi connectivity index (χ1) is 20.8. The van der Waals surface area contributed by atoms with E-state index in [4.69, 9.17) is 0 Å². The Hall–Kier alpha value is -4.74. The van der Waals surface area contributed by atoms with E-state index in [2.05, 4.69) is 31.9 Å². The van der Waals surface area contributed by atoms with E-state index in [1.54, 1.807) is 0 Å². The van der Waals surface area contributed by atoms with Crippen LogP contribution in [0.5, 0.6) is 0 Å². The minimum absolute atomic E-state index is 0.0146. The molecule has 0 spiro atoms. The quantitative estimate of drug-likeness (QED) is 0.273.